The van der Waals surface area contributed by atoms with Gasteiger partial charge in [-0.25, -0.2) is 0 Å². The van der Waals surface area contributed by atoms with Crippen LogP contribution in [0.5, 0.6) is 11.5 Å². The Morgan fingerprint density at radius 2 is 1.58 bits per heavy atom. The van der Waals surface area contributed by atoms with Crippen molar-refractivity contribution in [3.8, 4) is 11.5 Å². The summed E-state index contributed by atoms with van der Waals surface area (Å²) < 4.78 is 0. The van der Waals surface area contributed by atoms with Crippen molar-refractivity contribution < 1.29 is 15.0 Å². The van der Waals surface area contributed by atoms with Gasteiger partial charge in [0.15, 0.2) is 11.5 Å². The van der Waals surface area contributed by atoms with Gasteiger partial charge in [-0.1, -0.05) is 0 Å². The quantitative estimate of drug-likeness (QED) is 0.503. The Kier molecular flexibility index (Phi) is 3.56. The fourth-order valence-corrected chi connectivity index (χ4v) is 1.59. The number of aromatic hydroxyl groups is 2. The molecule has 0 heterocycles. The highest BCUT2D eigenvalue weighted by molar-refractivity contribution is 6.04. The van der Waals surface area contributed by atoms with E-state index in [1.54, 1.807) is 31.3 Å². The van der Waals surface area contributed by atoms with Crippen LogP contribution in [0.4, 0.5) is 11.4 Å². The molecule has 5 heteroatoms. The maximum atomic E-state index is 11.9. The van der Waals surface area contributed by atoms with Crippen molar-refractivity contribution in [3.05, 3.63) is 48.0 Å². The molecule has 2 aromatic rings. The van der Waals surface area contributed by atoms with Crippen molar-refractivity contribution in [2.45, 2.75) is 0 Å². The summed E-state index contributed by atoms with van der Waals surface area (Å²) in [6.07, 6.45) is 0. The average Bonchev–Trinajstić information content (AvgIpc) is 2.43. The van der Waals surface area contributed by atoms with Crippen molar-refractivity contribution in [2.75, 3.05) is 17.7 Å². The van der Waals surface area contributed by atoms with E-state index in [0.29, 0.717) is 11.3 Å². The summed E-state index contributed by atoms with van der Waals surface area (Å²) in [7, 11) is 1.80. The van der Waals surface area contributed by atoms with E-state index in [-0.39, 0.29) is 17.4 Å². The van der Waals surface area contributed by atoms with Gasteiger partial charge >= 0.3 is 0 Å². The van der Waals surface area contributed by atoms with Crippen molar-refractivity contribution >= 4 is 17.3 Å². The lowest BCUT2D eigenvalue weighted by Gasteiger charge is -2.07. The van der Waals surface area contributed by atoms with E-state index < -0.39 is 0 Å². The first-order chi connectivity index (χ1) is 9.10. The largest absolute Gasteiger partial charge is 0.504 e. The third-order valence-corrected chi connectivity index (χ3v) is 2.67. The molecule has 2 aromatic carbocycles. The molecule has 0 saturated carbocycles. The number of benzene rings is 2. The van der Waals surface area contributed by atoms with E-state index in [9.17, 15) is 15.0 Å². The van der Waals surface area contributed by atoms with Crippen LogP contribution in [0.25, 0.3) is 0 Å². The zero-order chi connectivity index (χ0) is 13.8. The highest BCUT2D eigenvalue weighted by atomic mass is 16.3. The number of rotatable bonds is 3. The Morgan fingerprint density at radius 3 is 2.16 bits per heavy atom. The highest BCUT2D eigenvalue weighted by Crippen LogP contribution is 2.27. The van der Waals surface area contributed by atoms with E-state index in [0.717, 1.165) is 5.69 Å². The predicted molar refractivity (Wildman–Crippen MR) is 73.7 cm³/mol. The van der Waals surface area contributed by atoms with Crippen LogP contribution in [0.3, 0.4) is 0 Å². The minimum absolute atomic E-state index is 0.226. The standard InChI is InChI=1S/C14H14N2O3/c1-15-10-4-2-9(3-5-10)14(19)16-11-6-7-12(17)13(18)8-11/h2-8,15,17-18H,1H3,(H,16,19). The number of carbonyl (C=O) groups is 1. The minimum atomic E-state index is -0.284. The Balaban J connectivity index is 2.13. The summed E-state index contributed by atoms with van der Waals surface area (Å²) in [4.78, 5) is 11.9. The molecule has 0 fully saturated rings. The Hall–Kier alpha value is -2.69. The van der Waals surface area contributed by atoms with Crippen LogP contribution in [0.15, 0.2) is 42.5 Å². The summed E-state index contributed by atoms with van der Waals surface area (Å²) >= 11 is 0. The molecule has 2 rings (SSSR count). The molecule has 0 atom stereocenters. The Bertz CT molecular complexity index is 594. The zero-order valence-electron chi connectivity index (χ0n) is 10.3. The fourth-order valence-electron chi connectivity index (χ4n) is 1.59. The molecule has 0 unspecified atom stereocenters. The minimum Gasteiger partial charge on any atom is -0.504 e. The van der Waals surface area contributed by atoms with Crippen LogP contribution in [0, 0.1) is 0 Å². The van der Waals surface area contributed by atoms with Gasteiger partial charge in [0, 0.05) is 30.1 Å². The maximum Gasteiger partial charge on any atom is 0.255 e. The second-order valence-corrected chi connectivity index (χ2v) is 3.98. The zero-order valence-corrected chi connectivity index (χ0v) is 10.3. The molecular weight excluding hydrogens is 244 g/mol. The van der Waals surface area contributed by atoms with Gasteiger partial charge in [-0.2, -0.15) is 0 Å². The van der Waals surface area contributed by atoms with E-state index in [1.165, 1.54) is 18.2 Å². The second-order valence-electron chi connectivity index (χ2n) is 3.98. The number of anilines is 2. The first-order valence-electron chi connectivity index (χ1n) is 5.71. The number of carbonyl (C=O) groups excluding carboxylic acids is 1. The number of phenols is 2. The molecule has 0 radical (unpaired) electrons. The van der Waals surface area contributed by atoms with E-state index in [2.05, 4.69) is 10.6 Å². The number of amides is 1. The number of hydrogen-bond acceptors (Lipinski definition) is 4. The molecule has 0 aliphatic rings. The SMILES string of the molecule is CNc1ccc(C(=O)Nc2ccc(O)c(O)c2)cc1. The van der Waals surface area contributed by atoms with Gasteiger partial charge < -0.3 is 20.8 Å². The molecule has 0 aliphatic heterocycles. The summed E-state index contributed by atoms with van der Waals surface area (Å²) in [6.45, 7) is 0. The number of hydrogen-bond donors (Lipinski definition) is 4. The lowest BCUT2D eigenvalue weighted by molar-refractivity contribution is 0.102. The Labute approximate surface area is 110 Å². The van der Waals surface area contributed by atoms with Crippen LogP contribution in [0.1, 0.15) is 10.4 Å². The molecule has 0 spiro atoms. The van der Waals surface area contributed by atoms with E-state index >= 15 is 0 Å². The molecule has 0 aliphatic carbocycles. The highest BCUT2D eigenvalue weighted by Gasteiger charge is 2.07. The Morgan fingerprint density at radius 1 is 0.947 bits per heavy atom. The third-order valence-electron chi connectivity index (χ3n) is 2.67. The summed E-state index contributed by atoms with van der Waals surface area (Å²) in [5.41, 5.74) is 1.84. The second kappa shape index (κ2) is 5.30. The topological polar surface area (TPSA) is 81.6 Å². The van der Waals surface area contributed by atoms with Crippen LogP contribution < -0.4 is 10.6 Å². The van der Waals surface area contributed by atoms with Gasteiger partial charge in [-0.15, -0.1) is 0 Å². The first kappa shape index (κ1) is 12.8. The van der Waals surface area contributed by atoms with Crippen molar-refractivity contribution in [1.29, 1.82) is 0 Å². The normalized spacial score (nSPS) is 9.95. The van der Waals surface area contributed by atoms with Crippen molar-refractivity contribution in [3.63, 3.8) is 0 Å². The van der Waals surface area contributed by atoms with Crippen LogP contribution in [-0.2, 0) is 0 Å². The summed E-state index contributed by atoms with van der Waals surface area (Å²) in [6, 6.07) is 11.1. The molecule has 0 aromatic heterocycles. The molecule has 5 nitrogen and oxygen atoms in total. The van der Waals surface area contributed by atoms with E-state index in [4.69, 9.17) is 0 Å². The van der Waals surface area contributed by atoms with Crippen molar-refractivity contribution in [2.24, 2.45) is 0 Å². The molecule has 4 N–H and O–H groups in total. The monoisotopic (exact) mass is 258 g/mol. The first-order valence-corrected chi connectivity index (χ1v) is 5.71. The van der Waals surface area contributed by atoms with Gasteiger partial charge in [-0.05, 0) is 36.4 Å². The third kappa shape index (κ3) is 2.95. The summed E-state index contributed by atoms with van der Waals surface area (Å²) in [5, 5.41) is 24.1. The van der Waals surface area contributed by atoms with Gasteiger partial charge in [0.2, 0.25) is 0 Å². The summed E-state index contributed by atoms with van der Waals surface area (Å²) in [5.74, 6) is -0.785. The number of nitrogens with one attached hydrogen (secondary N) is 2. The molecule has 0 saturated heterocycles. The van der Waals surface area contributed by atoms with Gasteiger partial charge in [0.25, 0.3) is 5.91 Å². The van der Waals surface area contributed by atoms with Gasteiger partial charge in [0.1, 0.15) is 0 Å². The van der Waals surface area contributed by atoms with Crippen LogP contribution in [0.2, 0.25) is 0 Å². The maximum absolute atomic E-state index is 11.9. The number of phenolic OH excluding ortho intramolecular Hbond substituents is 2. The van der Waals surface area contributed by atoms with E-state index in [1.807, 2.05) is 0 Å². The molecule has 1 amide bonds. The van der Waals surface area contributed by atoms with Crippen LogP contribution in [-0.4, -0.2) is 23.2 Å². The lowest BCUT2D eigenvalue weighted by atomic mass is 10.2. The fraction of sp³-hybridized carbons (Fsp3) is 0.0714. The molecule has 98 valence electrons. The van der Waals surface area contributed by atoms with Gasteiger partial charge in [0.05, 0.1) is 0 Å². The predicted octanol–water partition coefficient (Wildman–Crippen LogP) is 2.39. The molecule has 0 bridgehead atoms. The van der Waals surface area contributed by atoms with Crippen molar-refractivity contribution in [1.82, 2.24) is 0 Å². The smallest absolute Gasteiger partial charge is 0.255 e. The molecular formula is C14H14N2O3. The molecule has 19 heavy (non-hydrogen) atoms. The average molecular weight is 258 g/mol. The van der Waals surface area contributed by atoms with Gasteiger partial charge in [-0.3, -0.25) is 4.79 Å². The van der Waals surface area contributed by atoms with Crippen LogP contribution >= 0.6 is 0 Å². The lowest BCUT2D eigenvalue weighted by Crippen LogP contribution is -2.11.